The van der Waals surface area contributed by atoms with Crippen LogP contribution in [0.4, 0.5) is 0 Å². The Balaban J connectivity index is 1.53. The minimum atomic E-state index is -1.20. The molecule has 0 spiro atoms. The van der Waals surface area contributed by atoms with E-state index in [1.807, 2.05) is 0 Å². The quantitative estimate of drug-likeness (QED) is 0.164. The molecule has 0 bridgehead atoms. The lowest BCUT2D eigenvalue weighted by Gasteiger charge is -2.19. The van der Waals surface area contributed by atoms with Crippen LogP contribution in [0.25, 0.3) is 98.4 Å². The highest BCUT2D eigenvalue weighted by Gasteiger charge is 2.18. The first kappa shape index (κ1) is 11.0. The molecule has 10 rings (SSSR count). The predicted molar refractivity (Wildman–Crippen MR) is 216 cm³/mol. The fraction of sp³-hybridized carbons (Fsp3) is 0. The van der Waals surface area contributed by atoms with Gasteiger partial charge < -0.3 is 0 Å². The summed E-state index contributed by atoms with van der Waals surface area (Å²) in [6, 6.07) is -32.3. The average Bonchev–Trinajstić information content (AvgIpc) is 2.37. The number of fused-ring (bicyclic) bond motifs is 5. The molecule has 0 aliphatic heterocycles. The van der Waals surface area contributed by atoms with Crippen LogP contribution in [0.5, 0.6) is 0 Å². The maximum atomic E-state index is 10.3. The van der Waals surface area contributed by atoms with Crippen molar-refractivity contribution in [3.8, 4) is 44.5 Å². The Labute approximate surface area is 336 Å². The van der Waals surface area contributed by atoms with Crippen LogP contribution in [0.1, 0.15) is 43.9 Å². The molecule has 50 heavy (non-hydrogen) atoms. The van der Waals surface area contributed by atoms with Crippen molar-refractivity contribution in [2.75, 3.05) is 0 Å². The first-order valence-corrected chi connectivity index (χ1v) is 14.8. The van der Waals surface area contributed by atoms with Crippen LogP contribution in [-0.2, 0) is 0 Å². The molecule has 0 amide bonds. The van der Waals surface area contributed by atoms with E-state index in [1.165, 1.54) is 0 Å². The molecule has 0 heteroatoms. The van der Waals surface area contributed by atoms with E-state index >= 15 is 0 Å². The van der Waals surface area contributed by atoms with Crippen LogP contribution in [-0.4, -0.2) is 0 Å². The Morgan fingerprint density at radius 1 is 0.240 bits per heavy atom. The topological polar surface area (TPSA) is 0 Å². The molecular formula is C50H32. The Hall–Kier alpha value is -6.50. The summed E-state index contributed by atoms with van der Waals surface area (Å²) in [5.74, 6) is 0. The zero-order valence-corrected chi connectivity index (χ0v) is 25.0. The Bertz CT molecular complexity index is 4720. The molecule has 0 unspecified atom stereocenters. The number of hydrogen-bond acceptors (Lipinski definition) is 0. The van der Waals surface area contributed by atoms with E-state index in [0.717, 1.165) is 0 Å². The summed E-state index contributed by atoms with van der Waals surface area (Å²) in [6.07, 6.45) is 0. The molecule has 0 N–H and O–H groups in total. The van der Waals surface area contributed by atoms with Crippen LogP contribution < -0.4 is 0 Å². The van der Waals surface area contributed by atoms with Crippen molar-refractivity contribution in [2.24, 2.45) is 0 Å². The van der Waals surface area contributed by atoms with Gasteiger partial charge in [-0.2, -0.15) is 0 Å². The summed E-state index contributed by atoms with van der Waals surface area (Å²) in [5, 5.41) is -7.63. The van der Waals surface area contributed by atoms with Gasteiger partial charge >= 0.3 is 0 Å². The third-order valence-corrected chi connectivity index (χ3v) is 7.94. The molecule has 0 saturated carbocycles. The van der Waals surface area contributed by atoms with Gasteiger partial charge in [0.1, 0.15) is 0 Å². The predicted octanol–water partition coefficient (Wildman–Crippen LogP) is 14.1. The first-order valence-electron chi connectivity index (χ1n) is 30.8. The molecule has 10 aromatic rings. The SMILES string of the molecule is [2H]c1c([2H])c(-c2c3c([2H])c([2H])c([2H])c([2H])c3c(-c3c([2H])c([2H])c4c([2H])c([2H])c([2H])c([2H])c4c3[2H])c3c([2H])c(-c4c([2H])c([2H])c([2H])c5c([2H])c([2H])c([2H])c([2H])c45)c([2H])c([2H])c23)c([2H])c([2H])c1-c1c([2H])c([2H])c2c([2H])c([2H])c([2H])c([2H])c2c1[2H]. The van der Waals surface area contributed by atoms with Crippen molar-refractivity contribution in [3.05, 3.63) is 193 Å². The van der Waals surface area contributed by atoms with E-state index < -0.39 is 292 Å². The molecular weight excluding hydrogens is 601 g/mol. The summed E-state index contributed by atoms with van der Waals surface area (Å²) >= 11 is 0. The van der Waals surface area contributed by atoms with Crippen LogP contribution in [0.2, 0.25) is 0 Å². The summed E-state index contributed by atoms with van der Waals surface area (Å²) in [5.41, 5.74) is -7.23. The summed E-state index contributed by atoms with van der Waals surface area (Å²) in [6.45, 7) is 0. The lowest BCUT2D eigenvalue weighted by molar-refractivity contribution is 1.62. The largest absolute Gasteiger partial charge is 0.0636 e. The van der Waals surface area contributed by atoms with Gasteiger partial charge in [0.25, 0.3) is 0 Å². The van der Waals surface area contributed by atoms with Crippen molar-refractivity contribution in [3.63, 3.8) is 0 Å². The summed E-state index contributed by atoms with van der Waals surface area (Å²) in [7, 11) is 0. The van der Waals surface area contributed by atoms with Gasteiger partial charge in [0, 0.05) is 0 Å². The Morgan fingerprint density at radius 3 is 1.40 bits per heavy atom. The fourth-order valence-electron chi connectivity index (χ4n) is 5.72. The van der Waals surface area contributed by atoms with Crippen LogP contribution in [0.3, 0.4) is 0 Å². The standard InChI is InChI=1S/C50H32/c1-3-13-38-30-40(26-22-33(38)10-1)35-20-24-37(25-21-35)49-45-17-7-8-18-46(45)50(42-27-23-34-11-2-4-14-39(34)31-42)48-32-41(28-29-47(48)49)44-19-9-15-36-12-5-6-16-43(36)44/h1-32H/i1D,2D,3D,4D,5D,6D,7D,8D,9D,10D,11D,12D,13D,14D,15D,16D,17D,18D,19D,20D,21D,22D,23D,24D,25D,26D,27D,28D,29D,30D,31D,32D. The van der Waals surface area contributed by atoms with Gasteiger partial charge in [-0.25, -0.2) is 0 Å². The van der Waals surface area contributed by atoms with Gasteiger partial charge in [0.2, 0.25) is 0 Å². The second kappa shape index (κ2) is 11.6. The average molecular weight is 665 g/mol. The fourth-order valence-corrected chi connectivity index (χ4v) is 5.72. The van der Waals surface area contributed by atoms with Gasteiger partial charge in [-0.05, 0) is 116 Å². The molecule has 0 radical (unpaired) electrons. The molecule has 232 valence electrons. The Kier molecular flexibility index (Phi) is 2.55. The molecule has 0 heterocycles. The minimum Gasteiger partial charge on any atom is -0.0616 e. The van der Waals surface area contributed by atoms with Crippen molar-refractivity contribution in [1.82, 2.24) is 0 Å². The zero-order chi connectivity index (χ0) is 60.9. The van der Waals surface area contributed by atoms with Gasteiger partial charge in [-0.3, -0.25) is 0 Å². The first-order chi connectivity index (χ1) is 38.1. The third kappa shape index (κ3) is 4.69. The highest BCUT2D eigenvalue weighted by Crippen LogP contribution is 2.46. The van der Waals surface area contributed by atoms with Gasteiger partial charge in [-0.1, -0.05) is 175 Å². The summed E-state index contributed by atoms with van der Waals surface area (Å²) in [4.78, 5) is 0. The highest BCUT2D eigenvalue weighted by molar-refractivity contribution is 6.22. The van der Waals surface area contributed by atoms with Gasteiger partial charge in [0.15, 0.2) is 0 Å². The van der Waals surface area contributed by atoms with Crippen molar-refractivity contribution in [1.29, 1.82) is 0 Å². The van der Waals surface area contributed by atoms with E-state index in [-0.39, 0.29) is 0 Å². The number of hydrogen-bond donors (Lipinski definition) is 0. The number of rotatable bonds is 4. The lowest BCUT2D eigenvalue weighted by atomic mass is 9.84. The van der Waals surface area contributed by atoms with E-state index in [1.54, 1.807) is 0 Å². The monoisotopic (exact) mass is 664 g/mol. The molecule has 0 fully saturated rings. The van der Waals surface area contributed by atoms with E-state index in [9.17, 15) is 19.2 Å². The van der Waals surface area contributed by atoms with Crippen LogP contribution in [0, 0.1) is 0 Å². The molecule has 0 aliphatic rings. The van der Waals surface area contributed by atoms with Gasteiger partial charge in [-0.15, -0.1) is 0 Å². The smallest absolute Gasteiger partial charge is 0.0616 e. The van der Waals surface area contributed by atoms with Crippen molar-refractivity contribution < 1.29 is 43.9 Å². The maximum Gasteiger partial charge on any atom is 0.0636 e. The van der Waals surface area contributed by atoms with E-state index in [4.69, 9.17) is 24.7 Å². The van der Waals surface area contributed by atoms with E-state index in [0.29, 0.717) is 0 Å². The molecule has 0 atom stereocenters. The highest BCUT2D eigenvalue weighted by atomic mass is 14.2. The summed E-state index contributed by atoms with van der Waals surface area (Å²) < 4.78 is 290. The molecule has 10 aromatic carbocycles. The number of benzene rings is 10. The minimum absolute atomic E-state index is 0.583. The van der Waals surface area contributed by atoms with Crippen molar-refractivity contribution in [2.45, 2.75) is 0 Å². The van der Waals surface area contributed by atoms with Gasteiger partial charge in [0.05, 0.1) is 43.9 Å². The maximum absolute atomic E-state index is 10.3. The zero-order valence-electron chi connectivity index (χ0n) is 57.0. The molecule has 0 saturated heterocycles. The normalized spacial score (nSPS) is 20.6. The lowest BCUT2D eigenvalue weighted by Crippen LogP contribution is -1.92. The second-order valence-electron chi connectivity index (χ2n) is 10.8. The Morgan fingerprint density at radius 2 is 0.700 bits per heavy atom. The van der Waals surface area contributed by atoms with Crippen LogP contribution in [0.15, 0.2) is 193 Å². The third-order valence-electron chi connectivity index (χ3n) is 7.94. The van der Waals surface area contributed by atoms with Crippen molar-refractivity contribution >= 4 is 53.9 Å². The molecule has 0 nitrogen and oxygen atoms in total. The molecule has 0 aromatic heterocycles. The van der Waals surface area contributed by atoms with Crippen LogP contribution >= 0.6 is 0 Å². The molecule has 0 aliphatic carbocycles. The van der Waals surface area contributed by atoms with E-state index in [2.05, 4.69) is 0 Å². The second-order valence-corrected chi connectivity index (χ2v) is 10.8.